The van der Waals surface area contributed by atoms with Crippen LogP contribution in [0, 0.1) is 13.8 Å². The van der Waals surface area contributed by atoms with E-state index in [2.05, 4.69) is 15.2 Å². The summed E-state index contributed by atoms with van der Waals surface area (Å²) in [4.78, 5) is 18.4. The van der Waals surface area contributed by atoms with Gasteiger partial charge in [-0.1, -0.05) is 5.16 Å². The van der Waals surface area contributed by atoms with E-state index in [0.717, 1.165) is 11.4 Å². The molecule has 0 saturated carbocycles. The topological polar surface area (TPSA) is 114 Å². The van der Waals surface area contributed by atoms with E-state index in [9.17, 15) is 13.2 Å². The molecule has 0 bridgehead atoms. The largest absolute Gasteiger partial charge is 0.337 e. The number of rotatable bonds is 6. The first-order valence-corrected chi connectivity index (χ1v) is 11.0. The van der Waals surface area contributed by atoms with Crippen LogP contribution in [0.15, 0.2) is 10.6 Å². The van der Waals surface area contributed by atoms with Gasteiger partial charge in [0.15, 0.2) is 5.82 Å². The summed E-state index contributed by atoms with van der Waals surface area (Å²) in [6.07, 6.45) is 2.52. The lowest BCUT2D eigenvalue weighted by Crippen LogP contribution is -2.37. The summed E-state index contributed by atoms with van der Waals surface area (Å²) in [5.74, 6) is 0.894. The Morgan fingerprint density at radius 3 is 2.57 bits per heavy atom. The highest BCUT2D eigenvalue weighted by atomic mass is 32.2. The van der Waals surface area contributed by atoms with E-state index in [1.54, 1.807) is 11.7 Å². The van der Waals surface area contributed by atoms with Crippen molar-refractivity contribution in [2.45, 2.75) is 45.7 Å². The molecule has 10 nitrogen and oxygen atoms in total. The van der Waals surface area contributed by atoms with Crippen LogP contribution in [0.1, 0.15) is 41.9 Å². The van der Waals surface area contributed by atoms with Gasteiger partial charge in [-0.3, -0.25) is 9.48 Å². The Morgan fingerprint density at radius 2 is 2.00 bits per heavy atom. The fraction of sp³-hybridized carbons (Fsp3) is 0.647. The number of aryl methyl sites for hydroxylation is 2. The number of likely N-dealkylation sites (N-methyl/N-ethyl adjacent to an activating group) is 1. The van der Waals surface area contributed by atoms with Gasteiger partial charge in [-0.15, -0.1) is 0 Å². The lowest BCUT2D eigenvalue weighted by Gasteiger charge is -2.28. The maximum atomic E-state index is 12.4. The molecular weight excluding hydrogens is 384 g/mol. The van der Waals surface area contributed by atoms with Gasteiger partial charge in [0.1, 0.15) is 6.54 Å². The number of aromatic nitrogens is 4. The average molecular weight is 411 g/mol. The molecule has 0 atom stereocenters. The number of carbonyl (C=O) groups is 1. The molecule has 0 unspecified atom stereocenters. The summed E-state index contributed by atoms with van der Waals surface area (Å²) < 4.78 is 31.6. The molecule has 0 N–H and O–H groups in total. The number of hydrogen-bond donors (Lipinski definition) is 0. The predicted molar refractivity (Wildman–Crippen MR) is 101 cm³/mol. The molecule has 1 aliphatic rings. The Bertz CT molecular complexity index is 943. The fourth-order valence-corrected chi connectivity index (χ4v) is 4.19. The molecule has 0 spiro atoms. The van der Waals surface area contributed by atoms with Crippen LogP contribution in [-0.2, 0) is 27.9 Å². The first-order valence-electron chi connectivity index (χ1n) is 9.16. The van der Waals surface area contributed by atoms with Crippen molar-refractivity contribution in [3.8, 4) is 0 Å². The third kappa shape index (κ3) is 4.76. The molecule has 1 saturated heterocycles. The molecule has 0 radical (unpaired) electrons. The van der Waals surface area contributed by atoms with E-state index in [1.807, 2.05) is 19.9 Å². The minimum absolute atomic E-state index is 0.0613. The zero-order valence-electron chi connectivity index (χ0n) is 16.6. The first kappa shape index (κ1) is 20.5. The molecule has 1 amide bonds. The minimum atomic E-state index is -3.16. The SMILES string of the molecule is Cc1cc(C)n(CC(=O)N(C)Cc2nc(C3CCN(S(C)(=O)=O)CC3)no2)n1. The quantitative estimate of drug-likeness (QED) is 0.688. The van der Waals surface area contributed by atoms with Gasteiger partial charge in [0, 0.05) is 31.7 Å². The number of nitrogens with zero attached hydrogens (tertiary/aromatic N) is 6. The molecule has 3 heterocycles. The van der Waals surface area contributed by atoms with Crippen LogP contribution < -0.4 is 0 Å². The number of carbonyl (C=O) groups excluding carboxylic acids is 1. The normalized spacial score (nSPS) is 16.4. The molecule has 0 aliphatic carbocycles. The van der Waals surface area contributed by atoms with Crippen molar-refractivity contribution in [3.63, 3.8) is 0 Å². The van der Waals surface area contributed by atoms with E-state index in [0.29, 0.717) is 37.6 Å². The Hall–Kier alpha value is -2.27. The summed E-state index contributed by atoms with van der Waals surface area (Å²) in [7, 11) is -1.48. The maximum absolute atomic E-state index is 12.4. The molecule has 2 aromatic rings. The van der Waals surface area contributed by atoms with E-state index in [1.165, 1.54) is 15.5 Å². The van der Waals surface area contributed by atoms with Crippen molar-refractivity contribution in [2.75, 3.05) is 26.4 Å². The van der Waals surface area contributed by atoms with Gasteiger partial charge in [-0.2, -0.15) is 10.1 Å². The highest BCUT2D eigenvalue weighted by molar-refractivity contribution is 7.88. The van der Waals surface area contributed by atoms with Gasteiger partial charge in [-0.05, 0) is 32.8 Å². The second-order valence-corrected chi connectivity index (χ2v) is 9.30. The Morgan fingerprint density at radius 1 is 1.32 bits per heavy atom. The molecule has 28 heavy (non-hydrogen) atoms. The average Bonchev–Trinajstić information content (AvgIpc) is 3.20. The van der Waals surface area contributed by atoms with Crippen LogP contribution >= 0.6 is 0 Å². The van der Waals surface area contributed by atoms with Crippen molar-refractivity contribution in [2.24, 2.45) is 0 Å². The van der Waals surface area contributed by atoms with Crippen molar-refractivity contribution in [1.82, 2.24) is 29.1 Å². The summed E-state index contributed by atoms with van der Waals surface area (Å²) in [6.45, 7) is 5.07. The van der Waals surface area contributed by atoms with Crippen molar-refractivity contribution >= 4 is 15.9 Å². The number of hydrogen-bond acceptors (Lipinski definition) is 7. The van der Waals surface area contributed by atoms with E-state index < -0.39 is 10.0 Å². The number of piperidine rings is 1. The Kier molecular flexibility index (Phi) is 5.84. The van der Waals surface area contributed by atoms with Crippen molar-refractivity contribution in [1.29, 1.82) is 0 Å². The van der Waals surface area contributed by atoms with Crippen LogP contribution in [0.25, 0.3) is 0 Å². The summed E-state index contributed by atoms with van der Waals surface area (Å²) in [5, 5.41) is 8.33. The molecule has 3 rings (SSSR count). The zero-order chi connectivity index (χ0) is 20.5. The van der Waals surface area contributed by atoms with E-state index in [-0.39, 0.29) is 24.9 Å². The lowest BCUT2D eigenvalue weighted by atomic mass is 9.98. The Labute approximate surface area is 164 Å². The first-order chi connectivity index (χ1) is 13.1. The van der Waals surface area contributed by atoms with Crippen LogP contribution in [0.3, 0.4) is 0 Å². The third-order valence-electron chi connectivity index (χ3n) is 4.96. The van der Waals surface area contributed by atoms with Crippen LogP contribution in [-0.4, -0.2) is 69.8 Å². The standard InChI is InChI=1S/C17H26N6O4S/c1-12-9-13(2)23(19-12)11-16(24)21(3)10-15-18-17(20-27-15)14-5-7-22(8-6-14)28(4,25)26/h9,14H,5-8,10-11H2,1-4H3. The summed E-state index contributed by atoms with van der Waals surface area (Å²) >= 11 is 0. The van der Waals surface area contributed by atoms with Gasteiger partial charge in [-0.25, -0.2) is 12.7 Å². The highest BCUT2D eigenvalue weighted by Gasteiger charge is 2.28. The molecular formula is C17H26N6O4S. The molecule has 2 aromatic heterocycles. The lowest BCUT2D eigenvalue weighted by molar-refractivity contribution is -0.131. The van der Waals surface area contributed by atoms with Crippen molar-refractivity contribution in [3.05, 3.63) is 29.2 Å². The van der Waals surface area contributed by atoms with Crippen LogP contribution in [0.2, 0.25) is 0 Å². The van der Waals surface area contributed by atoms with Crippen molar-refractivity contribution < 1.29 is 17.7 Å². The monoisotopic (exact) mass is 410 g/mol. The van der Waals surface area contributed by atoms with Crippen LogP contribution in [0.4, 0.5) is 0 Å². The predicted octanol–water partition coefficient (Wildman–Crippen LogP) is 0.681. The van der Waals surface area contributed by atoms with Gasteiger partial charge in [0.05, 0.1) is 18.5 Å². The summed E-state index contributed by atoms with van der Waals surface area (Å²) in [5.41, 5.74) is 1.80. The van der Waals surface area contributed by atoms with E-state index in [4.69, 9.17) is 4.52 Å². The molecule has 154 valence electrons. The molecule has 1 fully saturated rings. The molecule has 1 aliphatic heterocycles. The van der Waals surface area contributed by atoms with Gasteiger partial charge in [0.25, 0.3) is 0 Å². The fourth-order valence-electron chi connectivity index (χ4n) is 3.32. The van der Waals surface area contributed by atoms with Crippen LogP contribution in [0.5, 0.6) is 0 Å². The zero-order valence-corrected chi connectivity index (χ0v) is 17.4. The molecule has 11 heteroatoms. The maximum Gasteiger partial charge on any atom is 0.246 e. The second-order valence-electron chi connectivity index (χ2n) is 7.32. The van der Waals surface area contributed by atoms with Gasteiger partial charge < -0.3 is 9.42 Å². The second kappa shape index (κ2) is 8.00. The molecule has 0 aromatic carbocycles. The number of sulfonamides is 1. The highest BCUT2D eigenvalue weighted by Crippen LogP contribution is 2.27. The third-order valence-corrected chi connectivity index (χ3v) is 6.26. The van der Waals surface area contributed by atoms with E-state index >= 15 is 0 Å². The Balaban J connectivity index is 1.55. The number of amides is 1. The smallest absolute Gasteiger partial charge is 0.246 e. The minimum Gasteiger partial charge on any atom is -0.337 e. The van der Waals surface area contributed by atoms with Gasteiger partial charge in [0.2, 0.25) is 21.8 Å². The van der Waals surface area contributed by atoms with Gasteiger partial charge >= 0.3 is 0 Å². The summed E-state index contributed by atoms with van der Waals surface area (Å²) in [6, 6.07) is 1.92.